The molecule has 2 N–H and O–H groups in total. The predicted molar refractivity (Wildman–Crippen MR) is 75.9 cm³/mol. The third-order valence-corrected chi connectivity index (χ3v) is 2.95. The van der Waals surface area contributed by atoms with Crippen LogP contribution in [-0.4, -0.2) is 17.4 Å². The highest BCUT2D eigenvalue weighted by atomic mass is 16.3. The van der Waals surface area contributed by atoms with E-state index in [1.807, 2.05) is 44.2 Å². The second-order valence-electron chi connectivity index (χ2n) is 4.65. The van der Waals surface area contributed by atoms with Crippen LogP contribution in [0.3, 0.4) is 0 Å². The van der Waals surface area contributed by atoms with Crippen molar-refractivity contribution in [2.24, 2.45) is 0 Å². The normalized spacial score (nSPS) is 12.1. The molecule has 20 heavy (non-hydrogen) atoms. The number of carbonyl (C=O) groups is 1. The maximum absolute atomic E-state index is 11.7. The van der Waals surface area contributed by atoms with E-state index in [1.54, 1.807) is 6.20 Å². The summed E-state index contributed by atoms with van der Waals surface area (Å²) in [7, 11) is 0. The van der Waals surface area contributed by atoms with Gasteiger partial charge < -0.3 is 9.73 Å². The smallest absolute Gasteiger partial charge is 0.234 e. The number of rotatable bonds is 6. The van der Waals surface area contributed by atoms with E-state index in [0.29, 0.717) is 6.54 Å². The highest BCUT2D eigenvalue weighted by Gasteiger charge is 2.10. The Morgan fingerprint density at radius 3 is 2.85 bits per heavy atom. The van der Waals surface area contributed by atoms with Crippen LogP contribution in [0.15, 0.2) is 40.9 Å². The van der Waals surface area contributed by atoms with Gasteiger partial charge in [-0.15, -0.1) is 0 Å². The molecule has 0 bridgehead atoms. The Balaban J connectivity index is 1.72. The number of furan rings is 1. The van der Waals surface area contributed by atoms with Gasteiger partial charge in [-0.3, -0.25) is 15.1 Å². The van der Waals surface area contributed by atoms with Crippen molar-refractivity contribution in [2.45, 2.75) is 26.4 Å². The molecule has 0 aliphatic rings. The first-order valence-corrected chi connectivity index (χ1v) is 6.61. The lowest BCUT2D eigenvalue weighted by molar-refractivity contribution is -0.120. The van der Waals surface area contributed by atoms with Gasteiger partial charge in [0.2, 0.25) is 5.91 Å². The topological polar surface area (TPSA) is 67.2 Å². The number of carbonyl (C=O) groups excluding carboxylic acids is 1. The number of pyridine rings is 1. The van der Waals surface area contributed by atoms with E-state index in [4.69, 9.17) is 4.42 Å². The summed E-state index contributed by atoms with van der Waals surface area (Å²) in [6.07, 6.45) is 1.71. The fourth-order valence-corrected chi connectivity index (χ4v) is 1.79. The van der Waals surface area contributed by atoms with Crippen LogP contribution in [0, 0.1) is 6.92 Å². The van der Waals surface area contributed by atoms with Gasteiger partial charge in [0.15, 0.2) is 0 Å². The summed E-state index contributed by atoms with van der Waals surface area (Å²) >= 11 is 0. The molecule has 1 atom stereocenters. The number of hydrogen-bond donors (Lipinski definition) is 2. The predicted octanol–water partition coefficient (Wildman–Crippen LogP) is 1.95. The first-order chi connectivity index (χ1) is 9.65. The van der Waals surface area contributed by atoms with Crippen LogP contribution < -0.4 is 10.6 Å². The monoisotopic (exact) mass is 273 g/mol. The lowest BCUT2D eigenvalue weighted by atomic mass is 10.2. The van der Waals surface area contributed by atoms with Crippen molar-refractivity contribution in [3.63, 3.8) is 0 Å². The van der Waals surface area contributed by atoms with E-state index in [0.717, 1.165) is 17.2 Å². The largest absolute Gasteiger partial charge is 0.465 e. The maximum atomic E-state index is 11.7. The van der Waals surface area contributed by atoms with Crippen LogP contribution in [0.25, 0.3) is 0 Å². The molecule has 2 aromatic heterocycles. The Morgan fingerprint density at radius 2 is 2.20 bits per heavy atom. The molecule has 2 heterocycles. The molecule has 0 saturated heterocycles. The zero-order chi connectivity index (χ0) is 14.4. The molecule has 1 amide bonds. The third kappa shape index (κ3) is 4.20. The minimum absolute atomic E-state index is 0.00398. The molecule has 0 aromatic carbocycles. The lowest BCUT2D eigenvalue weighted by Gasteiger charge is -2.11. The van der Waals surface area contributed by atoms with E-state index in [1.165, 1.54) is 0 Å². The van der Waals surface area contributed by atoms with Gasteiger partial charge >= 0.3 is 0 Å². The Bertz CT molecular complexity index is 551. The SMILES string of the molecule is Cc1ccc([C@@H](C)NCC(=O)NCc2ccccn2)o1. The van der Waals surface area contributed by atoms with Crippen molar-refractivity contribution >= 4 is 5.91 Å². The maximum Gasteiger partial charge on any atom is 0.234 e. The molecular weight excluding hydrogens is 254 g/mol. The van der Waals surface area contributed by atoms with Crippen LogP contribution >= 0.6 is 0 Å². The summed E-state index contributed by atoms with van der Waals surface area (Å²) in [6.45, 7) is 4.55. The average molecular weight is 273 g/mol. The van der Waals surface area contributed by atoms with E-state index < -0.39 is 0 Å². The number of aryl methyl sites for hydroxylation is 1. The van der Waals surface area contributed by atoms with Crippen molar-refractivity contribution < 1.29 is 9.21 Å². The second kappa shape index (κ2) is 6.86. The lowest BCUT2D eigenvalue weighted by Crippen LogP contribution is -2.34. The summed E-state index contributed by atoms with van der Waals surface area (Å²) in [6, 6.07) is 9.45. The first-order valence-electron chi connectivity index (χ1n) is 6.61. The van der Waals surface area contributed by atoms with Crippen molar-refractivity contribution in [1.29, 1.82) is 0 Å². The molecule has 0 radical (unpaired) electrons. The fraction of sp³-hybridized carbons (Fsp3) is 0.333. The Kier molecular flexibility index (Phi) is 4.90. The van der Waals surface area contributed by atoms with Crippen LogP contribution in [-0.2, 0) is 11.3 Å². The Hall–Kier alpha value is -2.14. The van der Waals surface area contributed by atoms with Gasteiger partial charge in [0.05, 0.1) is 24.8 Å². The highest BCUT2D eigenvalue weighted by molar-refractivity contribution is 5.77. The van der Waals surface area contributed by atoms with Gasteiger partial charge in [0.25, 0.3) is 0 Å². The molecule has 0 spiro atoms. The minimum atomic E-state index is -0.0641. The van der Waals surface area contributed by atoms with Gasteiger partial charge in [-0.2, -0.15) is 0 Å². The zero-order valence-corrected chi connectivity index (χ0v) is 11.7. The zero-order valence-electron chi connectivity index (χ0n) is 11.7. The molecule has 0 fully saturated rings. The van der Waals surface area contributed by atoms with Crippen molar-refractivity contribution in [2.75, 3.05) is 6.54 Å². The number of nitrogens with one attached hydrogen (secondary N) is 2. The molecule has 0 unspecified atom stereocenters. The van der Waals surface area contributed by atoms with Crippen LogP contribution in [0.1, 0.15) is 30.2 Å². The Labute approximate surface area is 118 Å². The molecule has 2 rings (SSSR count). The molecule has 0 aliphatic heterocycles. The molecule has 5 heteroatoms. The van der Waals surface area contributed by atoms with Crippen molar-refractivity contribution in [1.82, 2.24) is 15.6 Å². The molecule has 2 aromatic rings. The van der Waals surface area contributed by atoms with E-state index in [2.05, 4.69) is 15.6 Å². The van der Waals surface area contributed by atoms with Crippen molar-refractivity contribution in [3.8, 4) is 0 Å². The summed E-state index contributed by atoms with van der Waals surface area (Å²) in [5, 5.41) is 5.94. The van der Waals surface area contributed by atoms with Crippen LogP contribution in [0.4, 0.5) is 0 Å². The number of hydrogen-bond acceptors (Lipinski definition) is 4. The fourth-order valence-electron chi connectivity index (χ4n) is 1.79. The summed E-state index contributed by atoms with van der Waals surface area (Å²) in [5.74, 6) is 1.64. The second-order valence-corrected chi connectivity index (χ2v) is 4.65. The van der Waals surface area contributed by atoms with Gasteiger partial charge in [-0.05, 0) is 38.1 Å². The standard InChI is InChI=1S/C15H19N3O2/c1-11-6-7-14(20-11)12(2)17-10-15(19)18-9-13-5-3-4-8-16-13/h3-8,12,17H,9-10H2,1-2H3,(H,18,19)/t12-/m1/s1. The molecular formula is C15H19N3O2. The minimum Gasteiger partial charge on any atom is -0.465 e. The van der Waals surface area contributed by atoms with Crippen molar-refractivity contribution in [3.05, 3.63) is 53.7 Å². The van der Waals surface area contributed by atoms with Gasteiger partial charge in [0, 0.05) is 6.20 Å². The van der Waals surface area contributed by atoms with Gasteiger partial charge in [0.1, 0.15) is 11.5 Å². The average Bonchev–Trinajstić information content (AvgIpc) is 2.90. The van der Waals surface area contributed by atoms with E-state index in [9.17, 15) is 4.79 Å². The third-order valence-electron chi connectivity index (χ3n) is 2.95. The van der Waals surface area contributed by atoms with Crippen LogP contribution in [0.5, 0.6) is 0 Å². The summed E-state index contributed by atoms with van der Waals surface area (Å²) in [4.78, 5) is 15.9. The highest BCUT2D eigenvalue weighted by Crippen LogP contribution is 2.14. The van der Waals surface area contributed by atoms with Crippen LogP contribution in [0.2, 0.25) is 0 Å². The van der Waals surface area contributed by atoms with Gasteiger partial charge in [-0.1, -0.05) is 6.07 Å². The van der Waals surface area contributed by atoms with E-state index >= 15 is 0 Å². The summed E-state index contributed by atoms with van der Waals surface area (Å²) in [5.41, 5.74) is 0.843. The quantitative estimate of drug-likeness (QED) is 0.844. The van der Waals surface area contributed by atoms with Gasteiger partial charge in [-0.25, -0.2) is 0 Å². The number of amides is 1. The number of aromatic nitrogens is 1. The first kappa shape index (κ1) is 14.3. The molecule has 0 saturated carbocycles. The molecule has 5 nitrogen and oxygen atoms in total. The molecule has 106 valence electrons. The summed E-state index contributed by atoms with van der Waals surface area (Å²) < 4.78 is 5.50. The Morgan fingerprint density at radius 1 is 1.35 bits per heavy atom. The molecule has 0 aliphatic carbocycles. The van der Waals surface area contributed by atoms with E-state index in [-0.39, 0.29) is 18.5 Å². The number of nitrogens with zero attached hydrogens (tertiary/aromatic N) is 1.